The molecule has 0 bridgehead atoms. The summed E-state index contributed by atoms with van der Waals surface area (Å²) in [6.45, 7) is 3.09. The topological polar surface area (TPSA) is 50.7 Å². The molecule has 2 aromatic rings. The predicted molar refractivity (Wildman–Crippen MR) is 89.7 cm³/mol. The van der Waals surface area contributed by atoms with Gasteiger partial charge in [-0.2, -0.15) is 31.3 Å². The van der Waals surface area contributed by atoms with Gasteiger partial charge in [-0.15, -0.1) is 0 Å². The van der Waals surface area contributed by atoms with Crippen LogP contribution in [0.1, 0.15) is 25.0 Å². The molecule has 0 fully saturated rings. The lowest BCUT2D eigenvalue weighted by Crippen LogP contribution is -2.13. The molecule has 0 aliphatic heterocycles. The average Bonchev–Trinajstić information content (AvgIpc) is 2.55. The van der Waals surface area contributed by atoms with Crippen LogP contribution in [-0.4, -0.2) is 12.2 Å². The van der Waals surface area contributed by atoms with Crippen molar-refractivity contribution in [3.05, 3.63) is 47.5 Å². The Morgan fingerprint density at radius 1 is 0.964 bits per heavy atom. The molecule has 0 atom stereocenters. The molecular formula is C18H14F6N2O2. The lowest BCUT2D eigenvalue weighted by molar-refractivity contribution is -0.139. The third-order valence-corrected chi connectivity index (χ3v) is 3.41. The molecule has 28 heavy (non-hydrogen) atoms. The second-order valence-electron chi connectivity index (χ2n) is 5.93. The number of hydrogen-bond acceptors (Lipinski definition) is 4. The van der Waals surface area contributed by atoms with E-state index in [4.69, 9.17) is 4.74 Å². The van der Waals surface area contributed by atoms with Crippen molar-refractivity contribution in [2.45, 2.75) is 32.3 Å². The molecule has 0 amide bonds. The zero-order valence-electron chi connectivity index (χ0n) is 14.6. The Morgan fingerprint density at radius 2 is 1.61 bits per heavy atom. The maximum absolute atomic E-state index is 13.3. The van der Waals surface area contributed by atoms with E-state index in [0.29, 0.717) is 12.1 Å². The molecule has 0 heterocycles. The number of ether oxygens (including phenoxy) is 1. The average molecular weight is 404 g/mol. The normalized spacial score (nSPS) is 11.9. The van der Waals surface area contributed by atoms with Crippen LogP contribution in [0.15, 0.2) is 41.4 Å². The molecule has 0 aliphatic carbocycles. The van der Waals surface area contributed by atoms with Crippen molar-refractivity contribution in [2.24, 2.45) is 4.99 Å². The van der Waals surface area contributed by atoms with Crippen LogP contribution < -0.4 is 10.1 Å². The number of nitrogens with zero attached hydrogens (tertiary/aromatic N) is 1. The molecule has 0 unspecified atom stereocenters. The summed E-state index contributed by atoms with van der Waals surface area (Å²) < 4.78 is 84.8. The fraction of sp³-hybridized carbons (Fsp3) is 0.278. The number of benzene rings is 2. The van der Waals surface area contributed by atoms with Crippen molar-refractivity contribution < 1.29 is 35.9 Å². The Labute approximate surface area is 155 Å². The van der Waals surface area contributed by atoms with Crippen LogP contribution in [0, 0.1) is 0 Å². The first-order valence-electron chi connectivity index (χ1n) is 7.86. The fourth-order valence-electron chi connectivity index (χ4n) is 2.34. The Bertz CT molecular complexity index is 900. The van der Waals surface area contributed by atoms with Gasteiger partial charge in [0.15, 0.2) is 0 Å². The summed E-state index contributed by atoms with van der Waals surface area (Å²) in [7, 11) is 0. The van der Waals surface area contributed by atoms with Gasteiger partial charge in [-0.25, -0.2) is 4.79 Å². The number of alkyl halides is 6. The van der Waals surface area contributed by atoms with Gasteiger partial charge in [-0.1, -0.05) is 0 Å². The Balaban J connectivity index is 2.49. The third-order valence-electron chi connectivity index (χ3n) is 3.41. The van der Waals surface area contributed by atoms with Gasteiger partial charge in [0.05, 0.1) is 28.6 Å². The third kappa shape index (κ3) is 5.26. The summed E-state index contributed by atoms with van der Waals surface area (Å²) in [4.78, 5) is 13.4. The molecule has 4 nitrogen and oxygen atoms in total. The predicted octanol–water partition coefficient (Wildman–Crippen LogP) is 6.22. The molecule has 1 N–H and O–H groups in total. The molecule has 0 aromatic heterocycles. The zero-order chi connectivity index (χ0) is 21.1. The first-order valence-corrected chi connectivity index (χ1v) is 7.86. The molecule has 2 aromatic carbocycles. The number of aliphatic imine (C=N–C) groups is 1. The minimum absolute atomic E-state index is 0.222. The second kappa shape index (κ2) is 7.93. The molecule has 0 radical (unpaired) electrons. The summed E-state index contributed by atoms with van der Waals surface area (Å²) in [6, 6.07) is 5.52. The quantitative estimate of drug-likeness (QED) is 0.366. The highest BCUT2D eigenvalue weighted by atomic mass is 19.4. The number of isocyanates is 1. The lowest BCUT2D eigenvalue weighted by atomic mass is 10.1. The molecule has 0 aliphatic rings. The van der Waals surface area contributed by atoms with E-state index in [2.05, 4.69) is 10.3 Å². The van der Waals surface area contributed by atoms with E-state index < -0.39 is 41.0 Å². The van der Waals surface area contributed by atoms with Crippen molar-refractivity contribution in [2.75, 3.05) is 5.32 Å². The van der Waals surface area contributed by atoms with E-state index in [-0.39, 0.29) is 11.4 Å². The zero-order valence-corrected chi connectivity index (χ0v) is 14.6. The standard InChI is InChI=1S/C18H14F6N2O2/c1-10(2)28-16-6-4-12(8-14(16)18(22,23)24)26-15-5-3-11(25-9-27)7-13(15)17(19,20)21/h3-8,10,26H,1-2H3. The lowest BCUT2D eigenvalue weighted by Gasteiger charge is -2.19. The van der Waals surface area contributed by atoms with Crippen molar-refractivity contribution in [3.63, 3.8) is 0 Å². The first kappa shape index (κ1) is 21.3. The largest absolute Gasteiger partial charge is 0.490 e. The highest BCUT2D eigenvalue weighted by Gasteiger charge is 2.36. The molecule has 2 rings (SSSR count). The smallest absolute Gasteiger partial charge is 0.420 e. The number of nitrogens with one attached hydrogen (secondary N) is 1. The number of carbonyl (C=O) groups excluding carboxylic acids is 1. The Hall–Kier alpha value is -3.00. The summed E-state index contributed by atoms with van der Waals surface area (Å²) in [6.07, 6.45) is -8.99. The summed E-state index contributed by atoms with van der Waals surface area (Å²) in [5.74, 6) is -0.431. The minimum atomic E-state index is -4.83. The maximum Gasteiger partial charge on any atom is 0.420 e. The van der Waals surface area contributed by atoms with Gasteiger partial charge in [0, 0.05) is 5.69 Å². The van der Waals surface area contributed by atoms with Gasteiger partial charge >= 0.3 is 12.4 Å². The molecule has 150 valence electrons. The number of hydrogen-bond donors (Lipinski definition) is 1. The van der Waals surface area contributed by atoms with Crippen LogP contribution in [0.2, 0.25) is 0 Å². The second-order valence-corrected chi connectivity index (χ2v) is 5.93. The monoisotopic (exact) mass is 404 g/mol. The van der Waals surface area contributed by atoms with Gasteiger partial charge < -0.3 is 10.1 Å². The van der Waals surface area contributed by atoms with Gasteiger partial charge in [0.1, 0.15) is 5.75 Å². The van der Waals surface area contributed by atoms with E-state index in [1.165, 1.54) is 6.07 Å². The first-order chi connectivity index (χ1) is 12.9. The molecule has 0 saturated heterocycles. The molecule has 0 spiro atoms. The Morgan fingerprint density at radius 3 is 2.14 bits per heavy atom. The van der Waals surface area contributed by atoms with Gasteiger partial charge in [0.2, 0.25) is 6.08 Å². The van der Waals surface area contributed by atoms with Crippen LogP contribution in [0.5, 0.6) is 5.75 Å². The van der Waals surface area contributed by atoms with Crippen molar-refractivity contribution >= 4 is 23.1 Å². The van der Waals surface area contributed by atoms with Crippen LogP contribution in [0.4, 0.5) is 43.4 Å². The van der Waals surface area contributed by atoms with Crippen LogP contribution in [-0.2, 0) is 17.1 Å². The highest BCUT2D eigenvalue weighted by molar-refractivity contribution is 5.68. The molecule has 0 saturated carbocycles. The van der Waals surface area contributed by atoms with E-state index in [1.807, 2.05) is 0 Å². The molecule has 10 heteroatoms. The van der Waals surface area contributed by atoms with Crippen molar-refractivity contribution in [3.8, 4) is 5.75 Å². The van der Waals surface area contributed by atoms with E-state index >= 15 is 0 Å². The minimum Gasteiger partial charge on any atom is -0.490 e. The van der Waals surface area contributed by atoms with Crippen molar-refractivity contribution in [1.82, 2.24) is 0 Å². The van der Waals surface area contributed by atoms with Crippen LogP contribution in [0.25, 0.3) is 0 Å². The van der Waals surface area contributed by atoms with Crippen molar-refractivity contribution in [1.29, 1.82) is 0 Å². The van der Waals surface area contributed by atoms with Gasteiger partial charge in [0.25, 0.3) is 0 Å². The number of halogens is 6. The Kier molecular flexibility index (Phi) is 6.04. The summed E-state index contributed by atoms with van der Waals surface area (Å²) in [5.41, 5.74) is -3.32. The van der Waals surface area contributed by atoms with Gasteiger partial charge in [-0.3, -0.25) is 0 Å². The van der Waals surface area contributed by atoms with E-state index in [1.54, 1.807) is 13.8 Å². The van der Waals surface area contributed by atoms with Crippen LogP contribution >= 0.6 is 0 Å². The SMILES string of the molecule is CC(C)Oc1ccc(Nc2ccc(N=C=O)cc2C(F)(F)F)cc1C(F)(F)F. The van der Waals surface area contributed by atoms with Gasteiger partial charge in [-0.05, 0) is 50.2 Å². The highest BCUT2D eigenvalue weighted by Crippen LogP contribution is 2.41. The number of anilines is 2. The molecular weight excluding hydrogens is 390 g/mol. The van der Waals surface area contributed by atoms with E-state index in [9.17, 15) is 31.1 Å². The van der Waals surface area contributed by atoms with E-state index in [0.717, 1.165) is 24.3 Å². The maximum atomic E-state index is 13.3. The summed E-state index contributed by atoms with van der Waals surface area (Å²) >= 11 is 0. The van der Waals surface area contributed by atoms with Crippen LogP contribution in [0.3, 0.4) is 0 Å². The fourth-order valence-corrected chi connectivity index (χ4v) is 2.34. The number of rotatable bonds is 5. The summed E-state index contributed by atoms with van der Waals surface area (Å²) in [5, 5.41) is 2.33.